The highest BCUT2D eigenvalue weighted by atomic mass is 32.1. The van der Waals surface area contributed by atoms with Crippen molar-refractivity contribution in [2.24, 2.45) is 0 Å². The van der Waals surface area contributed by atoms with Crippen molar-refractivity contribution >= 4 is 38.5 Å². The van der Waals surface area contributed by atoms with E-state index >= 15 is 0 Å². The molecule has 2 aromatic carbocycles. The quantitative estimate of drug-likeness (QED) is 0.314. The van der Waals surface area contributed by atoms with E-state index in [1.165, 1.54) is 4.70 Å². The molecular weight excluding hydrogens is 352 g/mol. The molecule has 0 fully saturated rings. The summed E-state index contributed by atoms with van der Waals surface area (Å²) in [5, 5.41) is 0. The second-order valence-corrected chi connectivity index (χ2v) is 6.50. The van der Waals surface area contributed by atoms with Gasteiger partial charge < -0.3 is 9.47 Å². The number of carbonyl (C=O) groups is 2. The Morgan fingerprint density at radius 3 is 2.81 bits per heavy atom. The largest absolute Gasteiger partial charge is 0.458 e. The van der Waals surface area contributed by atoms with Crippen LogP contribution in [-0.4, -0.2) is 27.9 Å². The van der Waals surface area contributed by atoms with Crippen LogP contribution in [0.15, 0.2) is 54.7 Å². The van der Waals surface area contributed by atoms with Crippen molar-refractivity contribution in [2.45, 2.75) is 6.92 Å². The molecule has 0 saturated heterocycles. The molecule has 0 aliphatic carbocycles. The van der Waals surface area contributed by atoms with Crippen LogP contribution in [0.3, 0.4) is 0 Å². The van der Waals surface area contributed by atoms with Crippen LogP contribution in [0.25, 0.3) is 26.4 Å². The molecule has 0 amide bonds. The topological polar surface area (TPSA) is 69.9 Å². The van der Waals surface area contributed by atoms with Crippen LogP contribution in [0.2, 0.25) is 0 Å². The van der Waals surface area contributed by atoms with Crippen molar-refractivity contribution in [1.82, 2.24) is 9.38 Å². The summed E-state index contributed by atoms with van der Waals surface area (Å²) in [5.74, 6) is -1.78. The molecule has 4 rings (SSSR count). The second kappa shape index (κ2) is 6.61. The van der Waals surface area contributed by atoms with Crippen LogP contribution in [0.1, 0.15) is 6.92 Å². The molecule has 0 N–H and O–H groups in total. The summed E-state index contributed by atoms with van der Waals surface area (Å²) in [7, 11) is 0. The van der Waals surface area contributed by atoms with Gasteiger partial charge in [-0.3, -0.25) is 4.40 Å². The molecule has 7 heteroatoms. The smallest absolute Gasteiger partial charge is 0.422 e. The lowest BCUT2D eigenvalue weighted by Crippen LogP contribution is -2.22. The Balaban J connectivity index is 1.65. The van der Waals surface area contributed by atoms with E-state index in [0.29, 0.717) is 0 Å². The van der Waals surface area contributed by atoms with Crippen LogP contribution in [0.5, 0.6) is 5.75 Å². The predicted molar refractivity (Wildman–Crippen MR) is 98.3 cm³/mol. The first-order valence-electron chi connectivity index (χ1n) is 8.01. The summed E-state index contributed by atoms with van der Waals surface area (Å²) < 4.78 is 12.9. The molecule has 0 atom stereocenters. The number of carbonyl (C=O) groups excluding carboxylic acids is 2. The Labute approximate surface area is 152 Å². The minimum absolute atomic E-state index is 0.118. The SMILES string of the molecule is CCOC(=O)C(=O)Oc1cccc(-c2cn3c(n2)sc2ccccc23)c1. The van der Waals surface area contributed by atoms with Gasteiger partial charge in [-0.1, -0.05) is 35.6 Å². The summed E-state index contributed by atoms with van der Waals surface area (Å²) in [6.07, 6.45) is 1.94. The highest BCUT2D eigenvalue weighted by Crippen LogP contribution is 2.30. The zero-order chi connectivity index (χ0) is 18.1. The Morgan fingerprint density at radius 2 is 1.96 bits per heavy atom. The Morgan fingerprint density at radius 1 is 1.12 bits per heavy atom. The number of ether oxygens (including phenoxy) is 2. The third-order valence-corrected chi connectivity index (χ3v) is 4.82. The van der Waals surface area contributed by atoms with E-state index in [-0.39, 0.29) is 12.4 Å². The van der Waals surface area contributed by atoms with Crippen LogP contribution < -0.4 is 4.74 Å². The number of aromatic nitrogens is 2. The van der Waals surface area contributed by atoms with Crippen molar-refractivity contribution in [2.75, 3.05) is 6.61 Å². The molecule has 0 spiro atoms. The fraction of sp³-hybridized carbons (Fsp3) is 0.105. The second-order valence-electron chi connectivity index (χ2n) is 5.49. The first kappa shape index (κ1) is 16.3. The molecule has 130 valence electrons. The van der Waals surface area contributed by atoms with Gasteiger partial charge in [0.05, 0.1) is 22.5 Å². The maximum Gasteiger partial charge on any atom is 0.422 e. The van der Waals surface area contributed by atoms with Crippen molar-refractivity contribution in [1.29, 1.82) is 0 Å². The Kier molecular flexibility index (Phi) is 4.14. The summed E-state index contributed by atoms with van der Waals surface area (Å²) in [6, 6.07) is 15.0. The van der Waals surface area contributed by atoms with Crippen molar-refractivity contribution in [3.05, 3.63) is 54.7 Å². The Bertz CT molecular complexity index is 1130. The summed E-state index contributed by atoms with van der Waals surface area (Å²) in [4.78, 5) is 28.6. The van der Waals surface area contributed by atoms with Gasteiger partial charge in [0.2, 0.25) is 0 Å². The fourth-order valence-electron chi connectivity index (χ4n) is 2.65. The highest BCUT2D eigenvalue weighted by molar-refractivity contribution is 7.23. The standard InChI is InChI=1S/C19H14N2O4S/c1-2-24-17(22)18(23)25-13-7-5-6-12(10-13)14-11-21-15-8-3-4-9-16(15)26-19(21)20-14/h3-11H,2H2,1H3. The number of esters is 2. The summed E-state index contributed by atoms with van der Waals surface area (Å²) in [6.45, 7) is 1.74. The van der Waals surface area contributed by atoms with Gasteiger partial charge in [0.1, 0.15) is 5.75 Å². The molecule has 2 aromatic heterocycles. The van der Waals surface area contributed by atoms with Gasteiger partial charge in [-0.2, -0.15) is 0 Å². The number of hydrogen-bond donors (Lipinski definition) is 0. The fourth-order valence-corrected chi connectivity index (χ4v) is 3.65. The van der Waals surface area contributed by atoms with Crippen molar-refractivity contribution < 1.29 is 19.1 Å². The van der Waals surface area contributed by atoms with E-state index in [1.807, 2.05) is 34.9 Å². The molecule has 0 aliphatic heterocycles. The minimum atomic E-state index is -1.04. The van der Waals surface area contributed by atoms with Gasteiger partial charge in [0.25, 0.3) is 0 Å². The first-order chi connectivity index (χ1) is 12.7. The zero-order valence-electron chi connectivity index (χ0n) is 13.8. The van der Waals surface area contributed by atoms with Crippen molar-refractivity contribution in [3.8, 4) is 17.0 Å². The number of thiazole rings is 1. The number of nitrogens with zero attached hydrogens (tertiary/aromatic N) is 2. The molecule has 26 heavy (non-hydrogen) atoms. The number of imidazole rings is 1. The molecule has 0 radical (unpaired) electrons. The van der Waals surface area contributed by atoms with Gasteiger partial charge in [-0.05, 0) is 31.2 Å². The normalized spacial score (nSPS) is 11.0. The van der Waals surface area contributed by atoms with E-state index in [4.69, 9.17) is 4.74 Å². The number of rotatable bonds is 3. The van der Waals surface area contributed by atoms with Crippen LogP contribution >= 0.6 is 11.3 Å². The third-order valence-electron chi connectivity index (χ3n) is 3.78. The van der Waals surface area contributed by atoms with Gasteiger partial charge in [0.15, 0.2) is 4.96 Å². The number of hydrogen-bond acceptors (Lipinski definition) is 6. The van der Waals surface area contributed by atoms with E-state index in [9.17, 15) is 9.59 Å². The molecular formula is C19H14N2O4S. The lowest BCUT2D eigenvalue weighted by molar-refractivity contribution is -0.161. The number of fused-ring (bicyclic) bond motifs is 3. The van der Waals surface area contributed by atoms with Gasteiger partial charge >= 0.3 is 11.9 Å². The molecule has 0 saturated carbocycles. The molecule has 0 bridgehead atoms. The molecule has 4 aromatic rings. The molecule has 0 aliphatic rings. The minimum Gasteiger partial charge on any atom is -0.458 e. The lowest BCUT2D eigenvalue weighted by atomic mass is 10.1. The average Bonchev–Trinajstić information content (AvgIpc) is 3.20. The van der Waals surface area contributed by atoms with Gasteiger partial charge in [-0.15, -0.1) is 0 Å². The molecule has 2 heterocycles. The van der Waals surface area contributed by atoms with Gasteiger partial charge in [0, 0.05) is 11.8 Å². The van der Waals surface area contributed by atoms with E-state index in [1.54, 1.807) is 36.5 Å². The van der Waals surface area contributed by atoms with Crippen molar-refractivity contribution in [3.63, 3.8) is 0 Å². The highest BCUT2D eigenvalue weighted by Gasteiger charge is 2.18. The lowest BCUT2D eigenvalue weighted by Gasteiger charge is -2.05. The van der Waals surface area contributed by atoms with E-state index < -0.39 is 11.9 Å². The molecule has 6 nitrogen and oxygen atoms in total. The first-order valence-corrected chi connectivity index (χ1v) is 8.83. The van der Waals surface area contributed by atoms with E-state index in [0.717, 1.165) is 21.7 Å². The number of para-hydroxylation sites is 1. The van der Waals surface area contributed by atoms with Crippen LogP contribution in [0, 0.1) is 0 Å². The third kappa shape index (κ3) is 2.93. The van der Waals surface area contributed by atoms with E-state index in [2.05, 4.69) is 15.8 Å². The zero-order valence-corrected chi connectivity index (χ0v) is 14.7. The summed E-state index contributed by atoms with van der Waals surface area (Å²) >= 11 is 1.61. The predicted octanol–water partition coefficient (Wildman–Crippen LogP) is 3.68. The average molecular weight is 366 g/mol. The maximum absolute atomic E-state index is 11.7. The van der Waals surface area contributed by atoms with Crippen LogP contribution in [-0.2, 0) is 14.3 Å². The molecule has 0 unspecified atom stereocenters. The maximum atomic E-state index is 11.7. The monoisotopic (exact) mass is 366 g/mol. The van der Waals surface area contributed by atoms with Crippen LogP contribution in [0.4, 0.5) is 0 Å². The number of benzene rings is 2. The van der Waals surface area contributed by atoms with Gasteiger partial charge in [-0.25, -0.2) is 14.6 Å². The summed E-state index contributed by atoms with van der Waals surface area (Å²) in [5.41, 5.74) is 2.64. The Hall–Kier alpha value is -3.19.